The van der Waals surface area contributed by atoms with Gasteiger partial charge in [0.2, 0.25) is 0 Å². The number of amides is 1. The fourth-order valence-corrected chi connectivity index (χ4v) is 4.59. The molecule has 1 aliphatic heterocycles. The molecule has 1 N–H and O–H groups in total. The molecule has 0 saturated heterocycles. The fraction of sp³-hybridized carbons (Fsp3) is 0.185. The second-order valence-electron chi connectivity index (χ2n) is 8.42. The molecule has 3 aromatic carbocycles. The molecule has 0 spiro atoms. The summed E-state index contributed by atoms with van der Waals surface area (Å²) in [6, 6.07) is 18.9. The number of rotatable bonds is 5. The van der Waals surface area contributed by atoms with Crippen molar-refractivity contribution in [2.24, 2.45) is 0 Å². The van der Waals surface area contributed by atoms with Crippen LogP contribution in [0.3, 0.4) is 0 Å². The van der Waals surface area contributed by atoms with Crippen molar-refractivity contribution >= 4 is 34.1 Å². The first kappa shape index (κ1) is 22.4. The number of hydrogen-bond donors (Lipinski definition) is 1. The molecule has 7 heteroatoms. The molecular weight excluding hydrogens is 456 g/mol. The Morgan fingerprint density at radius 3 is 2.65 bits per heavy atom. The molecule has 5 rings (SSSR count). The van der Waals surface area contributed by atoms with Gasteiger partial charge in [-0.05, 0) is 36.2 Å². The maximum atomic E-state index is 13.7. The smallest absolute Gasteiger partial charge is 0.256 e. The van der Waals surface area contributed by atoms with Gasteiger partial charge in [-0.15, -0.1) is 0 Å². The van der Waals surface area contributed by atoms with Crippen LogP contribution in [-0.2, 0) is 19.4 Å². The van der Waals surface area contributed by atoms with Gasteiger partial charge in [0.1, 0.15) is 0 Å². The molecule has 172 valence electrons. The van der Waals surface area contributed by atoms with E-state index in [1.165, 1.54) is 11.6 Å². The average Bonchev–Trinajstić information content (AvgIpc) is 2.84. The predicted octanol–water partition coefficient (Wildman–Crippen LogP) is 6.02. The van der Waals surface area contributed by atoms with E-state index in [4.69, 9.17) is 16.6 Å². The summed E-state index contributed by atoms with van der Waals surface area (Å²) in [4.78, 5) is 20.6. The summed E-state index contributed by atoms with van der Waals surface area (Å²) in [6.07, 6.45) is 1.61. The maximum Gasteiger partial charge on any atom is 0.256 e. The number of pyridine rings is 1. The maximum absolute atomic E-state index is 13.7. The first-order valence-corrected chi connectivity index (χ1v) is 11.5. The molecule has 0 radical (unpaired) electrons. The Bertz CT molecular complexity index is 1380. The summed E-state index contributed by atoms with van der Waals surface area (Å²) in [5.41, 5.74) is 4.30. The van der Waals surface area contributed by atoms with Crippen LogP contribution in [0.5, 0.6) is 0 Å². The van der Waals surface area contributed by atoms with Crippen molar-refractivity contribution in [2.45, 2.75) is 19.4 Å². The number of carbonyl (C=O) groups excluding carboxylic acids is 1. The SMILES string of the molecule is O=C(Nc1ccc(F)c(F)c1)c1c2c(nc3cc(Cl)ccc13)CCN(CCc1ccccc1)C2. The number of benzene rings is 3. The van der Waals surface area contributed by atoms with Gasteiger partial charge in [0, 0.05) is 59.5 Å². The van der Waals surface area contributed by atoms with E-state index in [0.717, 1.165) is 42.9 Å². The highest BCUT2D eigenvalue weighted by Gasteiger charge is 2.26. The first-order chi connectivity index (χ1) is 16.5. The van der Waals surface area contributed by atoms with Gasteiger partial charge in [-0.1, -0.05) is 48.0 Å². The zero-order valence-corrected chi connectivity index (χ0v) is 19.1. The van der Waals surface area contributed by atoms with E-state index in [2.05, 4.69) is 22.3 Å². The van der Waals surface area contributed by atoms with Crippen LogP contribution in [0.4, 0.5) is 14.5 Å². The molecule has 0 atom stereocenters. The Hall–Kier alpha value is -3.35. The zero-order chi connectivity index (χ0) is 23.7. The molecule has 4 aromatic rings. The van der Waals surface area contributed by atoms with Crippen LogP contribution in [0, 0.1) is 11.6 Å². The van der Waals surface area contributed by atoms with Crippen LogP contribution in [0.15, 0.2) is 66.7 Å². The highest BCUT2D eigenvalue weighted by Crippen LogP contribution is 2.30. The van der Waals surface area contributed by atoms with E-state index in [1.54, 1.807) is 18.2 Å². The number of anilines is 1. The molecule has 0 fully saturated rings. The Balaban J connectivity index is 1.49. The molecule has 0 bridgehead atoms. The van der Waals surface area contributed by atoms with Crippen LogP contribution >= 0.6 is 11.6 Å². The number of aromatic nitrogens is 1. The highest BCUT2D eigenvalue weighted by atomic mass is 35.5. The minimum atomic E-state index is -1.02. The van der Waals surface area contributed by atoms with Gasteiger partial charge in [-0.25, -0.2) is 8.78 Å². The van der Waals surface area contributed by atoms with E-state index < -0.39 is 11.6 Å². The normalized spacial score (nSPS) is 13.6. The van der Waals surface area contributed by atoms with Gasteiger partial charge in [0.05, 0.1) is 11.1 Å². The van der Waals surface area contributed by atoms with Gasteiger partial charge in [-0.3, -0.25) is 14.7 Å². The Morgan fingerprint density at radius 2 is 1.85 bits per heavy atom. The lowest BCUT2D eigenvalue weighted by Gasteiger charge is -2.30. The molecule has 0 unspecified atom stereocenters. The van der Waals surface area contributed by atoms with Gasteiger partial charge in [-0.2, -0.15) is 0 Å². The summed E-state index contributed by atoms with van der Waals surface area (Å²) >= 11 is 6.19. The Morgan fingerprint density at radius 1 is 1.03 bits per heavy atom. The van der Waals surface area contributed by atoms with Gasteiger partial charge >= 0.3 is 0 Å². The number of halogens is 3. The lowest BCUT2D eigenvalue weighted by molar-refractivity contribution is 0.102. The molecule has 4 nitrogen and oxygen atoms in total. The molecule has 2 heterocycles. The molecule has 0 aliphatic carbocycles. The van der Waals surface area contributed by atoms with Crippen LogP contribution in [0.2, 0.25) is 5.02 Å². The van der Waals surface area contributed by atoms with E-state index in [1.807, 2.05) is 18.2 Å². The number of nitrogens with zero attached hydrogens (tertiary/aromatic N) is 2. The third kappa shape index (κ3) is 4.65. The predicted molar refractivity (Wildman–Crippen MR) is 130 cm³/mol. The second kappa shape index (κ2) is 9.49. The topological polar surface area (TPSA) is 45.2 Å². The highest BCUT2D eigenvalue weighted by molar-refractivity contribution is 6.31. The summed E-state index contributed by atoms with van der Waals surface area (Å²) in [5.74, 6) is -2.37. The van der Waals surface area contributed by atoms with E-state index >= 15 is 0 Å². The lowest BCUT2D eigenvalue weighted by atomic mass is 9.94. The van der Waals surface area contributed by atoms with E-state index in [0.29, 0.717) is 34.5 Å². The first-order valence-electron chi connectivity index (χ1n) is 11.1. The molecule has 1 amide bonds. The Kier molecular flexibility index (Phi) is 6.26. The van der Waals surface area contributed by atoms with Crippen molar-refractivity contribution in [3.63, 3.8) is 0 Å². The van der Waals surface area contributed by atoms with E-state index in [9.17, 15) is 13.6 Å². The van der Waals surface area contributed by atoms with Crippen LogP contribution in [0.25, 0.3) is 10.9 Å². The second-order valence-corrected chi connectivity index (χ2v) is 8.85. The van der Waals surface area contributed by atoms with Crippen molar-refractivity contribution in [3.05, 3.63) is 106 Å². The summed E-state index contributed by atoms with van der Waals surface area (Å²) in [6.45, 7) is 2.27. The van der Waals surface area contributed by atoms with Crippen LogP contribution in [0.1, 0.15) is 27.2 Å². The van der Waals surface area contributed by atoms with Gasteiger partial charge < -0.3 is 5.32 Å². The van der Waals surface area contributed by atoms with E-state index in [-0.39, 0.29) is 11.6 Å². The van der Waals surface area contributed by atoms with Crippen molar-refractivity contribution in [3.8, 4) is 0 Å². The van der Waals surface area contributed by atoms with Crippen molar-refractivity contribution in [2.75, 3.05) is 18.4 Å². The van der Waals surface area contributed by atoms with Crippen LogP contribution in [-0.4, -0.2) is 28.9 Å². The summed E-state index contributed by atoms with van der Waals surface area (Å²) < 4.78 is 27.1. The molecule has 1 aromatic heterocycles. The zero-order valence-electron chi connectivity index (χ0n) is 18.3. The number of fused-ring (bicyclic) bond motifs is 2. The van der Waals surface area contributed by atoms with Crippen molar-refractivity contribution < 1.29 is 13.6 Å². The van der Waals surface area contributed by atoms with Crippen LogP contribution < -0.4 is 5.32 Å². The minimum absolute atomic E-state index is 0.188. The van der Waals surface area contributed by atoms with Crippen molar-refractivity contribution in [1.82, 2.24) is 9.88 Å². The Labute approximate surface area is 201 Å². The standard InChI is InChI=1S/C27H22ClF2N3O/c28-18-6-8-20-25(14-18)32-24-11-13-33(12-10-17-4-2-1-3-5-17)16-21(24)26(20)27(34)31-19-7-9-22(29)23(30)15-19/h1-9,14-15H,10-13,16H2,(H,31,34). The molecule has 0 saturated carbocycles. The lowest BCUT2D eigenvalue weighted by Crippen LogP contribution is -2.34. The average molecular weight is 478 g/mol. The molecule has 1 aliphatic rings. The van der Waals surface area contributed by atoms with Gasteiger partial charge in [0.15, 0.2) is 11.6 Å². The third-order valence-electron chi connectivity index (χ3n) is 6.15. The third-order valence-corrected chi connectivity index (χ3v) is 6.38. The van der Waals surface area contributed by atoms with Crippen molar-refractivity contribution in [1.29, 1.82) is 0 Å². The molecule has 34 heavy (non-hydrogen) atoms. The monoisotopic (exact) mass is 477 g/mol. The molecular formula is C27H22ClF2N3O. The number of nitrogens with one attached hydrogen (secondary N) is 1. The van der Waals surface area contributed by atoms with Gasteiger partial charge in [0.25, 0.3) is 5.91 Å². The largest absolute Gasteiger partial charge is 0.322 e. The fourth-order valence-electron chi connectivity index (χ4n) is 4.42. The summed E-state index contributed by atoms with van der Waals surface area (Å²) in [5, 5.41) is 3.94. The number of carbonyl (C=O) groups is 1. The minimum Gasteiger partial charge on any atom is -0.322 e. The quantitative estimate of drug-likeness (QED) is 0.382. The summed E-state index contributed by atoms with van der Waals surface area (Å²) in [7, 11) is 0. The number of hydrogen-bond acceptors (Lipinski definition) is 3.